The molecule has 4 heteroatoms. The number of aromatic nitrogens is 2. The van der Waals surface area contributed by atoms with Gasteiger partial charge >= 0.3 is 0 Å². The molecular formula is C11H19N3O. The molecule has 0 radical (unpaired) electrons. The standard InChI is InChI=1S/C11H19N3O/c1-9(2)15-8-6-13-11-12-5-7-14(11)10-3-4-10/h5,7,9-10H,3-4,6,8H2,1-2H3,(H,12,13). The highest BCUT2D eigenvalue weighted by molar-refractivity contribution is 5.27. The van der Waals surface area contributed by atoms with Crippen molar-refractivity contribution >= 4 is 5.95 Å². The first-order chi connectivity index (χ1) is 7.27. The van der Waals surface area contributed by atoms with E-state index >= 15 is 0 Å². The fourth-order valence-corrected chi connectivity index (χ4v) is 1.55. The second-order valence-electron chi connectivity index (χ2n) is 4.24. The van der Waals surface area contributed by atoms with Gasteiger partial charge in [0, 0.05) is 25.0 Å². The minimum absolute atomic E-state index is 0.301. The van der Waals surface area contributed by atoms with Gasteiger partial charge in [0.05, 0.1) is 12.7 Å². The summed E-state index contributed by atoms with van der Waals surface area (Å²) in [5, 5.41) is 3.30. The molecule has 0 spiro atoms. The Labute approximate surface area is 90.6 Å². The highest BCUT2D eigenvalue weighted by atomic mass is 16.5. The topological polar surface area (TPSA) is 39.1 Å². The van der Waals surface area contributed by atoms with Crippen molar-refractivity contribution in [3.8, 4) is 0 Å². The smallest absolute Gasteiger partial charge is 0.203 e. The summed E-state index contributed by atoms with van der Waals surface area (Å²) in [6.45, 7) is 5.65. The maximum atomic E-state index is 5.46. The Morgan fingerprint density at radius 1 is 1.60 bits per heavy atom. The summed E-state index contributed by atoms with van der Waals surface area (Å²) >= 11 is 0. The lowest BCUT2D eigenvalue weighted by molar-refractivity contribution is 0.0869. The van der Waals surface area contributed by atoms with E-state index in [1.165, 1.54) is 12.8 Å². The van der Waals surface area contributed by atoms with Gasteiger partial charge in [-0.2, -0.15) is 0 Å². The largest absolute Gasteiger partial charge is 0.377 e. The molecule has 1 aromatic rings. The Hall–Kier alpha value is -1.03. The third kappa shape index (κ3) is 2.96. The number of nitrogens with zero attached hydrogens (tertiary/aromatic N) is 2. The van der Waals surface area contributed by atoms with Crippen molar-refractivity contribution in [1.82, 2.24) is 9.55 Å². The van der Waals surface area contributed by atoms with Crippen molar-refractivity contribution in [2.75, 3.05) is 18.5 Å². The molecule has 2 rings (SSSR count). The molecule has 1 aliphatic rings. The van der Waals surface area contributed by atoms with Crippen molar-refractivity contribution in [1.29, 1.82) is 0 Å². The molecule has 84 valence electrons. The summed E-state index contributed by atoms with van der Waals surface area (Å²) in [7, 11) is 0. The molecule has 0 amide bonds. The zero-order chi connectivity index (χ0) is 10.7. The maximum absolute atomic E-state index is 5.46. The highest BCUT2D eigenvalue weighted by Crippen LogP contribution is 2.36. The van der Waals surface area contributed by atoms with E-state index < -0.39 is 0 Å². The first-order valence-corrected chi connectivity index (χ1v) is 5.65. The monoisotopic (exact) mass is 209 g/mol. The van der Waals surface area contributed by atoms with Crippen molar-refractivity contribution in [2.24, 2.45) is 0 Å². The van der Waals surface area contributed by atoms with E-state index in [1.54, 1.807) is 0 Å². The van der Waals surface area contributed by atoms with Crippen LogP contribution >= 0.6 is 0 Å². The second kappa shape index (κ2) is 4.66. The molecule has 0 unspecified atom stereocenters. The van der Waals surface area contributed by atoms with Gasteiger partial charge in [0.2, 0.25) is 5.95 Å². The van der Waals surface area contributed by atoms with E-state index in [9.17, 15) is 0 Å². The number of hydrogen-bond acceptors (Lipinski definition) is 3. The van der Waals surface area contributed by atoms with Crippen LogP contribution in [0.2, 0.25) is 0 Å². The van der Waals surface area contributed by atoms with Gasteiger partial charge in [0.25, 0.3) is 0 Å². The molecule has 1 heterocycles. The third-order valence-electron chi connectivity index (χ3n) is 2.45. The molecular weight excluding hydrogens is 190 g/mol. The third-order valence-corrected chi connectivity index (χ3v) is 2.45. The van der Waals surface area contributed by atoms with E-state index in [-0.39, 0.29) is 0 Å². The molecule has 0 saturated heterocycles. The molecule has 4 nitrogen and oxygen atoms in total. The van der Waals surface area contributed by atoms with Gasteiger partial charge in [-0.05, 0) is 26.7 Å². The van der Waals surface area contributed by atoms with Gasteiger partial charge in [-0.25, -0.2) is 4.98 Å². The number of hydrogen-bond donors (Lipinski definition) is 1. The van der Waals surface area contributed by atoms with Crippen molar-refractivity contribution in [3.05, 3.63) is 12.4 Å². The Morgan fingerprint density at radius 3 is 3.07 bits per heavy atom. The van der Waals surface area contributed by atoms with Crippen LogP contribution in [0.5, 0.6) is 0 Å². The fourth-order valence-electron chi connectivity index (χ4n) is 1.55. The number of rotatable bonds is 6. The molecule has 0 aliphatic heterocycles. The van der Waals surface area contributed by atoms with Crippen molar-refractivity contribution in [3.63, 3.8) is 0 Å². The van der Waals surface area contributed by atoms with Crippen LogP contribution < -0.4 is 5.32 Å². The number of ether oxygens (including phenoxy) is 1. The van der Waals surface area contributed by atoms with Gasteiger partial charge in [-0.3, -0.25) is 0 Å². The highest BCUT2D eigenvalue weighted by Gasteiger charge is 2.25. The Kier molecular flexibility index (Phi) is 3.26. The number of imidazole rings is 1. The lowest BCUT2D eigenvalue weighted by Gasteiger charge is -2.10. The van der Waals surface area contributed by atoms with Crippen LogP contribution in [0.3, 0.4) is 0 Å². The molecule has 0 aromatic carbocycles. The summed E-state index contributed by atoms with van der Waals surface area (Å²) in [4.78, 5) is 4.29. The summed E-state index contributed by atoms with van der Waals surface area (Å²) in [5.41, 5.74) is 0. The van der Waals surface area contributed by atoms with Crippen LogP contribution in [0.4, 0.5) is 5.95 Å². The summed E-state index contributed by atoms with van der Waals surface area (Å²) in [5.74, 6) is 0.977. The van der Waals surface area contributed by atoms with Crippen LogP contribution in [0, 0.1) is 0 Å². The first kappa shape index (κ1) is 10.5. The predicted octanol–water partition coefficient (Wildman–Crippen LogP) is 2.05. The zero-order valence-electron chi connectivity index (χ0n) is 9.44. The SMILES string of the molecule is CC(C)OCCNc1nccn1C1CC1. The molecule has 1 N–H and O–H groups in total. The van der Waals surface area contributed by atoms with Crippen LogP contribution in [-0.2, 0) is 4.74 Å². The second-order valence-corrected chi connectivity index (χ2v) is 4.24. The van der Waals surface area contributed by atoms with Crippen LogP contribution in [0.15, 0.2) is 12.4 Å². The predicted molar refractivity (Wildman–Crippen MR) is 60.1 cm³/mol. The molecule has 0 bridgehead atoms. The Balaban J connectivity index is 1.75. The lowest BCUT2D eigenvalue weighted by atomic mass is 10.5. The molecule has 1 saturated carbocycles. The van der Waals surface area contributed by atoms with E-state index in [2.05, 4.69) is 14.9 Å². The molecule has 0 atom stereocenters. The van der Waals surface area contributed by atoms with Crippen LogP contribution in [-0.4, -0.2) is 28.8 Å². The van der Waals surface area contributed by atoms with Gasteiger partial charge in [-0.15, -0.1) is 0 Å². The van der Waals surface area contributed by atoms with Gasteiger partial charge in [-0.1, -0.05) is 0 Å². The zero-order valence-corrected chi connectivity index (χ0v) is 9.44. The van der Waals surface area contributed by atoms with Crippen molar-refractivity contribution < 1.29 is 4.74 Å². The molecule has 1 fully saturated rings. The van der Waals surface area contributed by atoms with E-state index in [0.29, 0.717) is 12.1 Å². The van der Waals surface area contributed by atoms with Crippen molar-refractivity contribution in [2.45, 2.75) is 38.8 Å². The van der Waals surface area contributed by atoms with E-state index in [1.807, 2.05) is 26.2 Å². The minimum Gasteiger partial charge on any atom is -0.377 e. The van der Waals surface area contributed by atoms with Gasteiger partial charge in [0.15, 0.2) is 0 Å². The van der Waals surface area contributed by atoms with Gasteiger partial charge in [0.1, 0.15) is 0 Å². The number of anilines is 1. The molecule has 1 aliphatic carbocycles. The molecule has 1 aromatic heterocycles. The Bertz CT molecular complexity index is 305. The minimum atomic E-state index is 0.301. The van der Waals surface area contributed by atoms with Crippen LogP contribution in [0.25, 0.3) is 0 Å². The Morgan fingerprint density at radius 2 is 2.40 bits per heavy atom. The average Bonchev–Trinajstić information content (AvgIpc) is 2.93. The number of nitrogens with one attached hydrogen (secondary N) is 1. The summed E-state index contributed by atoms with van der Waals surface area (Å²) in [6.07, 6.45) is 6.77. The maximum Gasteiger partial charge on any atom is 0.203 e. The normalized spacial score (nSPS) is 15.9. The van der Waals surface area contributed by atoms with E-state index in [0.717, 1.165) is 19.1 Å². The van der Waals surface area contributed by atoms with Gasteiger partial charge < -0.3 is 14.6 Å². The quantitative estimate of drug-likeness (QED) is 0.729. The first-order valence-electron chi connectivity index (χ1n) is 5.65. The summed E-state index contributed by atoms with van der Waals surface area (Å²) in [6, 6.07) is 0.681. The average molecular weight is 209 g/mol. The summed E-state index contributed by atoms with van der Waals surface area (Å²) < 4.78 is 7.67. The van der Waals surface area contributed by atoms with Crippen LogP contribution in [0.1, 0.15) is 32.7 Å². The van der Waals surface area contributed by atoms with E-state index in [4.69, 9.17) is 4.74 Å². The fraction of sp³-hybridized carbons (Fsp3) is 0.727. The lowest BCUT2D eigenvalue weighted by Crippen LogP contribution is -2.15. The molecule has 15 heavy (non-hydrogen) atoms.